The first-order chi connectivity index (χ1) is 11.6. The average Bonchev–Trinajstić information content (AvgIpc) is 3.17. The topological polar surface area (TPSA) is 105 Å². The molecule has 1 aliphatic heterocycles. The third-order valence-electron chi connectivity index (χ3n) is 3.92. The summed E-state index contributed by atoms with van der Waals surface area (Å²) >= 11 is 0. The largest absolute Gasteiger partial charge is 0.372 e. The molecule has 0 aliphatic carbocycles. The van der Waals surface area contributed by atoms with Crippen molar-refractivity contribution in [3.63, 3.8) is 0 Å². The average molecular weight is 334 g/mol. The first-order valence-corrected chi connectivity index (χ1v) is 7.93. The standard InChI is InChI=1S/C14H22N8O2/c1-20(2)7-8-24-9-12-18-17-11-3-4-21(5-6-22(11)12)14(23)13-15-10-16-19-13/h10H,3-9H2,1-2H3,(H,15,16,19). The van der Waals surface area contributed by atoms with Gasteiger partial charge in [0.1, 0.15) is 18.8 Å². The fraction of sp³-hybridized carbons (Fsp3) is 0.643. The second kappa shape index (κ2) is 7.49. The van der Waals surface area contributed by atoms with E-state index in [4.69, 9.17) is 4.74 Å². The number of amides is 1. The van der Waals surface area contributed by atoms with E-state index in [-0.39, 0.29) is 11.7 Å². The van der Waals surface area contributed by atoms with Gasteiger partial charge in [0.25, 0.3) is 5.91 Å². The molecule has 3 rings (SSSR count). The summed E-state index contributed by atoms with van der Waals surface area (Å²) in [6.45, 7) is 3.74. The van der Waals surface area contributed by atoms with Crippen molar-refractivity contribution in [2.45, 2.75) is 19.6 Å². The van der Waals surface area contributed by atoms with Gasteiger partial charge in [0, 0.05) is 32.6 Å². The number of likely N-dealkylation sites (N-methyl/N-ethyl adjacent to an activating group) is 1. The lowest BCUT2D eigenvalue weighted by Gasteiger charge is -2.18. The van der Waals surface area contributed by atoms with Crippen LogP contribution in [0.1, 0.15) is 22.3 Å². The number of aromatic nitrogens is 6. The molecule has 1 amide bonds. The van der Waals surface area contributed by atoms with Crippen molar-refractivity contribution < 1.29 is 9.53 Å². The van der Waals surface area contributed by atoms with E-state index >= 15 is 0 Å². The van der Waals surface area contributed by atoms with Crippen LogP contribution >= 0.6 is 0 Å². The molecule has 1 N–H and O–H groups in total. The van der Waals surface area contributed by atoms with Gasteiger partial charge in [-0.3, -0.25) is 9.89 Å². The van der Waals surface area contributed by atoms with Gasteiger partial charge >= 0.3 is 0 Å². The van der Waals surface area contributed by atoms with E-state index in [1.54, 1.807) is 4.90 Å². The molecule has 2 aromatic heterocycles. The van der Waals surface area contributed by atoms with Gasteiger partial charge in [0.15, 0.2) is 5.82 Å². The maximum atomic E-state index is 12.4. The highest BCUT2D eigenvalue weighted by atomic mass is 16.5. The fourth-order valence-corrected chi connectivity index (χ4v) is 2.56. The highest BCUT2D eigenvalue weighted by Crippen LogP contribution is 2.11. The highest BCUT2D eigenvalue weighted by molar-refractivity contribution is 5.90. The van der Waals surface area contributed by atoms with Crippen LogP contribution in [0.25, 0.3) is 0 Å². The summed E-state index contributed by atoms with van der Waals surface area (Å²) in [4.78, 5) is 20.1. The highest BCUT2D eigenvalue weighted by Gasteiger charge is 2.23. The van der Waals surface area contributed by atoms with Crippen molar-refractivity contribution in [3.05, 3.63) is 23.8 Å². The van der Waals surface area contributed by atoms with Crippen LogP contribution in [-0.2, 0) is 24.3 Å². The van der Waals surface area contributed by atoms with Crippen molar-refractivity contribution >= 4 is 5.91 Å². The molecule has 0 unspecified atom stereocenters. The van der Waals surface area contributed by atoms with Gasteiger partial charge in [-0.1, -0.05) is 0 Å². The van der Waals surface area contributed by atoms with Crippen molar-refractivity contribution in [2.24, 2.45) is 0 Å². The maximum Gasteiger partial charge on any atom is 0.291 e. The SMILES string of the molecule is CN(C)CCOCc1nnc2n1CCN(C(=O)c1ncn[nH]1)CC2. The van der Waals surface area contributed by atoms with Gasteiger partial charge in [0.05, 0.1) is 6.61 Å². The molecule has 0 radical (unpaired) electrons. The molecule has 130 valence electrons. The lowest BCUT2D eigenvalue weighted by molar-refractivity contribution is 0.0744. The van der Waals surface area contributed by atoms with E-state index in [9.17, 15) is 4.79 Å². The molecule has 2 aromatic rings. The Labute approximate surface area is 139 Å². The van der Waals surface area contributed by atoms with Crippen LogP contribution in [0.5, 0.6) is 0 Å². The molecule has 24 heavy (non-hydrogen) atoms. The Morgan fingerprint density at radius 3 is 2.96 bits per heavy atom. The summed E-state index contributed by atoms with van der Waals surface area (Å²) < 4.78 is 7.71. The van der Waals surface area contributed by atoms with Gasteiger partial charge in [-0.05, 0) is 14.1 Å². The Kier molecular flexibility index (Phi) is 5.16. The number of carbonyl (C=O) groups excluding carboxylic acids is 1. The van der Waals surface area contributed by atoms with Gasteiger partial charge < -0.3 is 19.1 Å². The molecular weight excluding hydrogens is 312 g/mol. The number of aromatic amines is 1. The van der Waals surface area contributed by atoms with Crippen molar-refractivity contribution in [2.75, 3.05) is 40.3 Å². The Morgan fingerprint density at radius 2 is 2.21 bits per heavy atom. The summed E-state index contributed by atoms with van der Waals surface area (Å²) in [6.07, 6.45) is 1.99. The third-order valence-corrected chi connectivity index (χ3v) is 3.92. The van der Waals surface area contributed by atoms with Crippen molar-refractivity contribution in [3.8, 4) is 0 Å². The van der Waals surface area contributed by atoms with E-state index in [1.807, 2.05) is 18.7 Å². The first kappa shape index (κ1) is 16.5. The number of ether oxygens (including phenoxy) is 1. The zero-order valence-corrected chi connectivity index (χ0v) is 14.0. The van der Waals surface area contributed by atoms with Crippen LogP contribution in [-0.4, -0.2) is 86.0 Å². The molecule has 0 spiro atoms. The number of hydrogen-bond acceptors (Lipinski definition) is 7. The molecular formula is C14H22N8O2. The van der Waals surface area contributed by atoms with Crippen LogP contribution in [0, 0.1) is 0 Å². The zero-order valence-electron chi connectivity index (χ0n) is 14.0. The van der Waals surface area contributed by atoms with Gasteiger partial charge in [-0.2, -0.15) is 5.10 Å². The van der Waals surface area contributed by atoms with Crippen LogP contribution < -0.4 is 0 Å². The van der Waals surface area contributed by atoms with Gasteiger partial charge in [0.2, 0.25) is 5.82 Å². The molecule has 1 aliphatic rings. The van der Waals surface area contributed by atoms with Crippen LogP contribution in [0.3, 0.4) is 0 Å². The smallest absolute Gasteiger partial charge is 0.291 e. The summed E-state index contributed by atoms with van der Waals surface area (Å²) in [6, 6.07) is 0. The lowest BCUT2D eigenvalue weighted by Crippen LogP contribution is -2.34. The number of H-pyrrole nitrogens is 1. The van der Waals surface area contributed by atoms with Gasteiger partial charge in [-0.25, -0.2) is 4.98 Å². The number of rotatable bonds is 6. The molecule has 10 nitrogen and oxygen atoms in total. The molecule has 3 heterocycles. The normalized spacial score (nSPS) is 14.7. The zero-order chi connectivity index (χ0) is 16.9. The van der Waals surface area contributed by atoms with Crippen LogP contribution in [0.15, 0.2) is 6.33 Å². The van der Waals surface area contributed by atoms with E-state index < -0.39 is 0 Å². The second-order valence-electron chi connectivity index (χ2n) is 5.92. The summed E-state index contributed by atoms with van der Waals surface area (Å²) in [7, 11) is 4.01. The monoisotopic (exact) mass is 334 g/mol. The van der Waals surface area contributed by atoms with Crippen molar-refractivity contribution in [1.82, 2.24) is 39.7 Å². The Bertz CT molecular complexity index is 666. The van der Waals surface area contributed by atoms with Gasteiger partial charge in [-0.15, -0.1) is 10.2 Å². The Morgan fingerprint density at radius 1 is 1.33 bits per heavy atom. The minimum atomic E-state index is -0.144. The summed E-state index contributed by atoms with van der Waals surface area (Å²) in [5.41, 5.74) is 0. The maximum absolute atomic E-state index is 12.4. The molecule has 10 heteroatoms. The predicted molar refractivity (Wildman–Crippen MR) is 84.2 cm³/mol. The third kappa shape index (κ3) is 3.77. The molecule has 0 fully saturated rings. The van der Waals surface area contributed by atoms with Crippen LogP contribution in [0.2, 0.25) is 0 Å². The molecule has 0 aromatic carbocycles. The Hall–Kier alpha value is -2.33. The number of fused-ring (bicyclic) bond motifs is 1. The number of nitrogens with zero attached hydrogens (tertiary/aromatic N) is 7. The van der Waals surface area contributed by atoms with E-state index in [0.29, 0.717) is 39.3 Å². The predicted octanol–water partition coefficient (Wildman–Crippen LogP) is -0.827. The Balaban J connectivity index is 1.59. The second-order valence-corrected chi connectivity index (χ2v) is 5.92. The molecule has 0 saturated heterocycles. The minimum absolute atomic E-state index is 0.144. The number of hydrogen-bond donors (Lipinski definition) is 1. The molecule has 0 atom stereocenters. The van der Waals surface area contributed by atoms with E-state index in [0.717, 1.165) is 18.2 Å². The summed E-state index contributed by atoms with van der Waals surface area (Å²) in [5.74, 6) is 1.81. The molecule has 0 saturated carbocycles. The summed E-state index contributed by atoms with van der Waals surface area (Å²) in [5, 5.41) is 14.8. The first-order valence-electron chi connectivity index (χ1n) is 7.93. The lowest BCUT2D eigenvalue weighted by atomic mass is 10.3. The number of nitrogens with one attached hydrogen (secondary N) is 1. The quantitative estimate of drug-likeness (QED) is 0.688. The van der Waals surface area contributed by atoms with Crippen molar-refractivity contribution in [1.29, 1.82) is 0 Å². The number of carbonyl (C=O) groups is 1. The van der Waals surface area contributed by atoms with E-state index in [2.05, 4.69) is 30.3 Å². The molecule has 0 bridgehead atoms. The minimum Gasteiger partial charge on any atom is -0.372 e. The van der Waals surface area contributed by atoms with E-state index in [1.165, 1.54) is 6.33 Å². The van der Waals surface area contributed by atoms with Crippen LogP contribution in [0.4, 0.5) is 0 Å². The fourth-order valence-electron chi connectivity index (χ4n) is 2.56.